The molecule has 2 aromatic rings. The van der Waals surface area contributed by atoms with Crippen molar-refractivity contribution >= 4 is 40.6 Å². The summed E-state index contributed by atoms with van der Waals surface area (Å²) in [6.45, 7) is 3.86. The molecule has 0 unspecified atom stereocenters. The van der Waals surface area contributed by atoms with Crippen molar-refractivity contribution in [1.29, 1.82) is 0 Å². The van der Waals surface area contributed by atoms with Crippen molar-refractivity contribution in [1.82, 2.24) is 4.90 Å². The highest BCUT2D eigenvalue weighted by Gasteiger charge is 2.31. The summed E-state index contributed by atoms with van der Waals surface area (Å²) in [6, 6.07) is 12.7. The van der Waals surface area contributed by atoms with Gasteiger partial charge in [-0.15, -0.1) is 0 Å². The number of ether oxygens (including phenoxy) is 1. The molecule has 0 radical (unpaired) electrons. The first-order valence-electron chi connectivity index (χ1n) is 8.65. The number of likely N-dealkylation sites (N-methyl/N-ethyl adjacent to an activating group) is 1. The van der Waals surface area contributed by atoms with Gasteiger partial charge in [0.05, 0.1) is 4.91 Å². The molecule has 3 amide bonds. The maximum atomic E-state index is 12.1. The van der Waals surface area contributed by atoms with Gasteiger partial charge in [0.1, 0.15) is 5.75 Å². The molecule has 144 valence electrons. The molecule has 0 aliphatic carbocycles. The zero-order valence-electron chi connectivity index (χ0n) is 15.8. The lowest BCUT2D eigenvalue weighted by Crippen LogP contribution is -2.22. The minimum absolute atomic E-state index is 0.137. The van der Waals surface area contributed by atoms with Crippen LogP contribution in [0.2, 0.25) is 0 Å². The number of carbonyl (C=O) groups excluding carboxylic acids is 3. The molecule has 28 heavy (non-hydrogen) atoms. The number of hydrogen-bond donors (Lipinski definition) is 1. The van der Waals surface area contributed by atoms with Gasteiger partial charge in [0, 0.05) is 12.7 Å². The molecule has 1 aliphatic rings. The summed E-state index contributed by atoms with van der Waals surface area (Å²) in [5.74, 6) is -0.0884. The number of benzene rings is 2. The molecular formula is C21H20N2O4S. The van der Waals surface area contributed by atoms with Gasteiger partial charge in [0.15, 0.2) is 6.61 Å². The Hall–Kier alpha value is -3.06. The van der Waals surface area contributed by atoms with Crippen molar-refractivity contribution in [3.8, 4) is 5.75 Å². The predicted molar refractivity (Wildman–Crippen MR) is 110 cm³/mol. The highest BCUT2D eigenvalue weighted by atomic mass is 32.2. The smallest absolute Gasteiger partial charge is 0.293 e. The lowest BCUT2D eigenvalue weighted by molar-refractivity contribution is -0.121. The highest BCUT2D eigenvalue weighted by Crippen LogP contribution is 2.31. The quantitative estimate of drug-likeness (QED) is 0.774. The Morgan fingerprint density at radius 2 is 1.93 bits per heavy atom. The average Bonchev–Trinajstić information content (AvgIpc) is 2.90. The van der Waals surface area contributed by atoms with E-state index in [1.165, 1.54) is 7.05 Å². The molecule has 1 fully saturated rings. The number of hydrogen-bond acceptors (Lipinski definition) is 5. The standard InChI is InChI=1S/C21H20N2O4S/c1-13-7-8-16(9-14(13)2)22-19(24)12-27-17-6-4-5-15(10-17)11-18-20(25)23(3)21(26)28-18/h4-11H,12H2,1-3H3,(H,22,24)/b18-11+. The molecule has 1 saturated heterocycles. The van der Waals surface area contributed by atoms with Crippen LogP contribution in [0.3, 0.4) is 0 Å². The van der Waals surface area contributed by atoms with E-state index in [-0.39, 0.29) is 23.7 Å². The molecule has 0 spiro atoms. The minimum atomic E-state index is -0.325. The zero-order chi connectivity index (χ0) is 20.3. The van der Waals surface area contributed by atoms with Crippen molar-refractivity contribution in [3.05, 3.63) is 64.1 Å². The lowest BCUT2D eigenvalue weighted by Gasteiger charge is -2.09. The topological polar surface area (TPSA) is 75.7 Å². The molecule has 3 rings (SSSR count). The number of aryl methyl sites for hydroxylation is 2. The van der Waals surface area contributed by atoms with E-state index in [2.05, 4.69) is 5.32 Å². The molecule has 0 saturated carbocycles. The Kier molecular flexibility index (Phi) is 5.84. The van der Waals surface area contributed by atoms with Gasteiger partial charge in [0.2, 0.25) is 0 Å². The number of nitrogens with one attached hydrogen (secondary N) is 1. The summed E-state index contributed by atoms with van der Waals surface area (Å²) in [5, 5.41) is 2.50. The fourth-order valence-electron chi connectivity index (χ4n) is 2.56. The summed E-state index contributed by atoms with van der Waals surface area (Å²) in [5.41, 5.74) is 3.70. The Morgan fingerprint density at radius 3 is 2.61 bits per heavy atom. The van der Waals surface area contributed by atoms with Crippen LogP contribution in [0.5, 0.6) is 5.75 Å². The average molecular weight is 396 g/mol. The molecule has 6 nitrogen and oxygen atoms in total. The van der Waals surface area contributed by atoms with Gasteiger partial charge in [-0.2, -0.15) is 0 Å². The number of nitrogens with zero attached hydrogens (tertiary/aromatic N) is 1. The predicted octanol–water partition coefficient (Wildman–Crippen LogP) is 3.99. The summed E-state index contributed by atoms with van der Waals surface area (Å²) in [4.78, 5) is 37.1. The summed E-state index contributed by atoms with van der Waals surface area (Å²) in [7, 11) is 1.45. The normalized spacial score (nSPS) is 15.2. The molecule has 0 aromatic heterocycles. The molecular weight excluding hydrogens is 376 g/mol. The van der Waals surface area contributed by atoms with Crippen LogP contribution >= 0.6 is 11.8 Å². The second-order valence-electron chi connectivity index (χ2n) is 6.45. The first-order valence-corrected chi connectivity index (χ1v) is 9.46. The van der Waals surface area contributed by atoms with E-state index in [9.17, 15) is 14.4 Å². The van der Waals surface area contributed by atoms with Crippen LogP contribution in [0.1, 0.15) is 16.7 Å². The van der Waals surface area contributed by atoms with Gasteiger partial charge in [-0.05, 0) is 72.6 Å². The highest BCUT2D eigenvalue weighted by molar-refractivity contribution is 8.18. The zero-order valence-corrected chi connectivity index (χ0v) is 16.6. The monoisotopic (exact) mass is 396 g/mol. The van der Waals surface area contributed by atoms with Gasteiger partial charge in [-0.3, -0.25) is 19.3 Å². The van der Waals surface area contributed by atoms with Crippen LogP contribution in [0, 0.1) is 13.8 Å². The van der Waals surface area contributed by atoms with Crippen molar-refractivity contribution in [2.75, 3.05) is 19.0 Å². The van der Waals surface area contributed by atoms with Gasteiger partial charge in [-0.1, -0.05) is 18.2 Å². The van der Waals surface area contributed by atoms with Gasteiger partial charge >= 0.3 is 0 Å². The largest absolute Gasteiger partial charge is 0.484 e. The number of thioether (sulfide) groups is 1. The van der Waals surface area contributed by atoms with Gasteiger partial charge in [-0.25, -0.2) is 0 Å². The van der Waals surface area contributed by atoms with E-state index in [4.69, 9.17) is 4.74 Å². The number of anilines is 1. The number of amides is 3. The van der Waals surface area contributed by atoms with E-state index < -0.39 is 0 Å². The third-order valence-corrected chi connectivity index (χ3v) is 5.26. The Bertz CT molecular complexity index is 984. The minimum Gasteiger partial charge on any atom is -0.484 e. The van der Waals surface area contributed by atoms with E-state index in [0.29, 0.717) is 16.2 Å². The maximum Gasteiger partial charge on any atom is 0.293 e. The van der Waals surface area contributed by atoms with E-state index >= 15 is 0 Å². The van der Waals surface area contributed by atoms with Crippen molar-refractivity contribution in [3.63, 3.8) is 0 Å². The Morgan fingerprint density at radius 1 is 1.14 bits per heavy atom. The van der Waals surface area contributed by atoms with E-state index in [1.807, 2.05) is 32.0 Å². The second-order valence-corrected chi connectivity index (χ2v) is 7.44. The van der Waals surface area contributed by atoms with Crippen LogP contribution in [0.15, 0.2) is 47.4 Å². The molecule has 1 N–H and O–H groups in total. The van der Waals surface area contributed by atoms with Gasteiger partial charge in [0.25, 0.3) is 17.1 Å². The molecule has 1 aliphatic heterocycles. The maximum absolute atomic E-state index is 12.1. The first-order chi connectivity index (χ1) is 13.3. The van der Waals surface area contributed by atoms with Crippen LogP contribution in [0.25, 0.3) is 6.08 Å². The Balaban J connectivity index is 1.62. The van der Waals surface area contributed by atoms with Crippen molar-refractivity contribution in [2.24, 2.45) is 0 Å². The summed E-state index contributed by atoms with van der Waals surface area (Å²) >= 11 is 0.898. The first kappa shape index (κ1) is 19.7. The molecule has 0 atom stereocenters. The molecule has 7 heteroatoms. The summed E-state index contributed by atoms with van der Waals surface area (Å²) in [6.07, 6.45) is 1.64. The third-order valence-electron chi connectivity index (χ3n) is 4.30. The SMILES string of the molecule is Cc1ccc(NC(=O)COc2cccc(/C=C3/SC(=O)N(C)C3=O)c2)cc1C. The van der Waals surface area contributed by atoms with Gasteiger partial charge < -0.3 is 10.1 Å². The van der Waals surface area contributed by atoms with Crippen LogP contribution in [-0.2, 0) is 9.59 Å². The van der Waals surface area contributed by atoms with E-state index in [1.54, 1.807) is 30.3 Å². The number of carbonyl (C=O) groups is 3. The van der Waals surface area contributed by atoms with Crippen molar-refractivity contribution < 1.29 is 19.1 Å². The fraction of sp³-hybridized carbons (Fsp3) is 0.190. The third kappa shape index (κ3) is 4.61. The van der Waals surface area contributed by atoms with Crippen LogP contribution < -0.4 is 10.1 Å². The Labute approximate surface area is 167 Å². The molecule has 1 heterocycles. The van der Waals surface area contributed by atoms with E-state index in [0.717, 1.165) is 33.5 Å². The molecule has 0 bridgehead atoms. The number of rotatable bonds is 5. The van der Waals surface area contributed by atoms with Crippen molar-refractivity contribution in [2.45, 2.75) is 13.8 Å². The molecule has 2 aromatic carbocycles. The summed E-state index contributed by atoms with van der Waals surface area (Å²) < 4.78 is 5.56. The van der Waals surface area contributed by atoms with Crippen LogP contribution in [0.4, 0.5) is 10.5 Å². The second kappa shape index (κ2) is 8.31. The number of imide groups is 1. The van der Waals surface area contributed by atoms with Crippen LogP contribution in [-0.4, -0.2) is 35.6 Å². The fourth-order valence-corrected chi connectivity index (χ4v) is 3.38. The lowest BCUT2D eigenvalue weighted by atomic mass is 10.1.